The largest absolute Gasteiger partial charge is 0.497 e. The van der Waals surface area contributed by atoms with Crippen LogP contribution in [0.5, 0.6) is 23.0 Å². The first-order valence-corrected chi connectivity index (χ1v) is 14.0. The van der Waals surface area contributed by atoms with Crippen LogP contribution in [-0.4, -0.2) is 73.9 Å². The number of ether oxygens (including phenoxy) is 4. The number of anilines is 1. The van der Waals surface area contributed by atoms with E-state index in [1.54, 1.807) is 21.3 Å². The first-order valence-electron chi connectivity index (χ1n) is 14.0. The van der Waals surface area contributed by atoms with Gasteiger partial charge in [0.25, 0.3) is 0 Å². The zero-order valence-corrected chi connectivity index (χ0v) is 26.4. The Labute approximate surface area is 265 Å². The number of aliphatic hydroxyl groups is 1. The molecule has 43 heavy (non-hydrogen) atoms. The molecule has 0 saturated carbocycles. The fourth-order valence-corrected chi connectivity index (χ4v) is 5.19. The van der Waals surface area contributed by atoms with Crippen LogP contribution in [0.15, 0.2) is 60.7 Å². The molecule has 4 aromatic rings. The number of rotatable bonds is 12. The normalized spacial score (nSPS) is 13.5. The Morgan fingerprint density at radius 2 is 1.53 bits per heavy atom. The van der Waals surface area contributed by atoms with Gasteiger partial charge in [-0.25, -0.2) is 0 Å². The fourth-order valence-electron chi connectivity index (χ4n) is 5.19. The molecule has 2 N–H and O–H groups in total. The number of benzene rings is 3. The molecule has 2 heterocycles. The summed E-state index contributed by atoms with van der Waals surface area (Å²) in [6, 6.07) is 20.3. The average Bonchev–Trinajstić information content (AvgIpc) is 3.02. The lowest BCUT2D eigenvalue weighted by molar-refractivity contribution is 0.210. The summed E-state index contributed by atoms with van der Waals surface area (Å²) < 4.78 is 22.1. The average molecular weight is 632 g/mol. The number of aliphatic hydroxyl groups excluding tert-OH is 1. The number of hydrogen-bond donors (Lipinski definition) is 2. The van der Waals surface area contributed by atoms with Gasteiger partial charge in [-0.3, -0.25) is 4.90 Å². The second-order valence-electron chi connectivity index (χ2n) is 10.1. The quantitative estimate of drug-likeness (QED) is 0.182. The molecule has 0 unspecified atom stereocenters. The maximum absolute atomic E-state index is 9.00. The molecule has 1 aromatic heterocycles. The van der Waals surface area contributed by atoms with Gasteiger partial charge >= 0.3 is 0 Å². The number of hydrogen-bond acceptors (Lipinski definition) is 9. The Morgan fingerprint density at radius 1 is 0.814 bits per heavy atom. The van der Waals surface area contributed by atoms with Gasteiger partial charge in [-0.15, -0.1) is 35.0 Å². The standard InChI is InChI=1S/C32H38N4O5.2ClH/c1-38-25-8-6-23(7-9-25)31-27-11-10-26(39-2)20-28(27)32(35-34-31)33-24-13-15-36(16-14-24)21-22-5-12-29(30(19-22)40-3)41-18-4-17-37;;/h5-12,19-20,24,37H,4,13-18,21H2,1-3H3,(H,33,35);2*1H. The number of fused-ring (bicyclic) bond motifs is 1. The van der Waals surface area contributed by atoms with Gasteiger partial charge < -0.3 is 29.4 Å². The van der Waals surface area contributed by atoms with E-state index < -0.39 is 0 Å². The predicted molar refractivity (Wildman–Crippen MR) is 175 cm³/mol. The van der Waals surface area contributed by atoms with Gasteiger partial charge in [0.1, 0.15) is 17.2 Å². The van der Waals surface area contributed by atoms with Crippen LogP contribution in [-0.2, 0) is 6.54 Å². The highest BCUT2D eigenvalue weighted by molar-refractivity contribution is 6.00. The summed E-state index contributed by atoms with van der Waals surface area (Å²) in [6.45, 7) is 3.35. The molecule has 3 aromatic carbocycles. The minimum Gasteiger partial charge on any atom is -0.497 e. The number of aromatic nitrogens is 2. The second kappa shape index (κ2) is 16.4. The Kier molecular flexibility index (Phi) is 12.9. The van der Waals surface area contributed by atoms with Crippen molar-refractivity contribution in [3.05, 3.63) is 66.2 Å². The summed E-state index contributed by atoms with van der Waals surface area (Å²) >= 11 is 0. The number of nitrogens with one attached hydrogen (secondary N) is 1. The first-order chi connectivity index (χ1) is 20.1. The van der Waals surface area contributed by atoms with Crippen molar-refractivity contribution in [1.82, 2.24) is 15.1 Å². The molecule has 9 nitrogen and oxygen atoms in total. The lowest BCUT2D eigenvalue weighted by Gasteiger charge is -2.33. The molecule has 1 fully saturated rings. The van der Waals surface area contributed by atoms with Gasteiger partial charge in [-0.05, 0) is 73.0 Å². The molecule has 1 aliphatic rings. The molecular formula is C32H40Cl2N4O5. The number of halogens is 2. The third kappa shape index (κ3) is 8.32. The topological polar surface area (TPSA) is 98.2 Å². The number of piperidine rings is 1. The fraction of sp³-hybridized carbons (Fsp3) is 0.375. The van der Waals surface area contributed by atoms with E-state index in [1.165, 1.54) is 5.56 Å². The molecule has 0 atom stereocenters. The molecule has 0 radical (unpaired) electrons. The van der Waals surface area contributed by atoms with E-state index in [4.69, 9.17) is 24.1 Å². The zero-order valence-electron chi connectivity index (χ0n) is 24.7. The minimum absolute atomic E-state index is 0. The van der Waals surface area contributed by atoms with Gasteiger partial charge in [0, 0.05) is 55.0 Å². The van der Waals surface area contributed by atoms with Crippen LogP contribution in [0.1, 0.15) is 24.8 Å². The summed E-state index contributed by atoms with van der Waals surface area (Å²) in [4.78, 5) is 2.46. The Bertz CT molecular complexity index is 1450. The third-order valence-corrected chi connectivity index (χ3v) is 7.47. The van der Waals surface area contributed by atoms with E-state index in [-0.39, 0.29) is 31.4 Å². The molecule has 5 rings (SSSR count). The number of methoxy groups -OCH3 is 3. The van der Waals surface area contributed by atoms with Crippen LogP contribution in [0, 0.1) is 0 Å². The van der Waals surface area contributed by atoms with E-state index in [0.717, 1.165) is 77.6 Å². The van der Waals surface area contributed by atoms with E-state index in [2.05, 4.69) is 26.5 Å². The van der Waals surface area contributed by atoms with E-state index in [0.29, 0.717) is 24.8 Å². The number of nitrogens with zero attached hydrogens (tertiary/aromatic N) is 3. The van der Waals surface area contributed by atoms with Crippen molar-refractivity contribution < 1.29 is 24.1 Å². The van der Waals surface area contributed by atoms with Gasteiger partial charge in [-0.1, -0.05) is 6.07 Å². The van der Waals surface area contributed by atoms with Crippen molar-refractivity contribution in [1.29, 1.82) is 0 Å². The summed E-state index contributed by atoms with van der Waals surface area (Å²) in [7, 11) is 4.99. The third-order valence-electron chi connectivity index (χ3n) is 7.47. The zero-order chi connectivity index (χ0) is 28.6. The maximum Gasteiger partial charge on any atom is 0.161 e. The maximum atomic E-state index is 9.00. The van der Waals surface area contributed by atoms with Crippen LogP contribution in [0.4, 0.5) is 5.82 Å². The Hall–Kier alpha value is -3.50. The molecule has 0 spiro atoms. The molecule has 1 aliphatic heterocycles. The van der Waals surface area contributed by atoms with E-state index in [9.17, 15) is 0 Å². The highest BCUT2D eigenvalue weighted by Gasteiger charge is 2.22. The van der Waals surface area contributed by atoms with E-state index in [1.807, 2.05) is 54.6 Å². The van der Waals surface area contributed by atoms with E-state index >= 15 is 0 Å². The van der Waals surface area contributed by atoms with Gasteiger partial charge in [0.2, 0.25) is 0 Å². The van der Waals surface area contributed by atoms with Crippen LogP contribution in [0.2, 0.25) is 0 Å². The highest BCUT2D eigenvalue weighted by Crippen LogP contribution is 2.34. The van der Waals surface area contributed by atoms with Crippen LogP contribution in [0.3, 0.4) is 0 Å². The van der Waals surface area contributed by atoms with Crippen LogP contribution in [0.25, 0.3) is 22.0 Å². The monoisotopic (exact) mass is 630 g/mol. The summed E-state index contributed by atoms with van der Waals surface area (Å²) in [5, 5.41) is 23.9. The predicted octanol–water partition coefficient (Wildman–Crippen LogP) is 6.00. The highest BCUT2D eigenvalue weighted by atomic mass is 35.5. The summed E-state index contributed by atoms with van der Waals surface area (Å²) in [5.41, 5.74) is 2.99. The minimum atomic E-state index is 0. The Morgan fingerprint density at radius 3 is 2.21 bits per heavy atom. The van der Waals surface area contributed by atoms with Crippen LogP contribution >= 0.6 is 24.8 Å². The lowest BCUT2D eigenvalue weighted by atomic mass is 10.0. The molecule has 0 amide bonds. The molecule has 0 bridgehead atoms. The summed E-state index contributed by atoms with van der Waals surface area (Å²) in [6.07, 6.45) is 2.58. The smallest absolute Gasteiger partial charge is 0.161 e. The van der Waals surface area contributed by atoms with Gasteiger partial charge in [0.05, 0.1) is 27.9 Å². The van der Waals surface area contributed by atoms with Crippen molar-refractivity contribution in [2.45, 2.75) is 31.8 Å². The molecular weight excluding hydrogens is 591 g/mol. The van der Waals surface area contributed by atoms with Crippen molar-refractivity contribution in [3.63, 3.8) is 0 Å². The van der Waals surface area contributed by atoms with Crippen molar-refractivity contribution in [2.75, 3.05) is 52.9 Å². The molecule has 232 valence electrons. The first kappa shape index (κ1) is 34.0. The molecule has 11 heteroatoms. The van der Waals surface area contributed by atoms with Crippen molar-refractivity contribution >= 4 is 41.4 Å². The van der Waals surface area contributed by atoms with Crippen molar-refractivity contribution in [2.24, 2.45) is 0 Å². The second-order valence-corrected chi connectivity index (χ2v) is 10.1. The SMILES string of the molecule is COc1ccc(-c2nnc(NC3CCN(Cc4ccc(OCCCO)c(OC)c4)CC3)c3cc(OC)ccc23)cc1.Cl.Cl. The van der Waals surface area contributed by atoms with Gasteiger partial charge in [-0.2, -0.15) is 0 Å². The van der Waals surface area contributed by atoms with Gasteiger partial charge in [0.15, 0.2) is 17.3 Å². The molecule has 0 aliphatic carbocycles. The van der Waals surface area contributed by atoms with Crippen LogP contribution < -0.4 is 24.3 Å². The molecule has 1 saturated heterocycles. The number of likely N-dealkylation sites (tertiary alicyclic amines) is 1. The summed E-state index contributed by atoms with van der Waals surface area (Å²) in [5.74, 6) is 3.78. The van der Waals surface area contributed by atoms with Crippen molar-refractivity contribution in [3.8, 4) is 34.3 Å². The Balaban J connectivity index is 0.00000253. The lowest BCUT2D eigenvalue weighted by Crippen LogP contribution is -2.38.